The molecule has 7 atom stereocenters. The van der Waals surface area contributed by atoms with Crippen LogP contribution in [0, 0.1) is 0 Å². The minimum atomic E-state index is -1.54. The van der Waals surface area contributed by atoms with Gasteiger partial charge in [-0.05, 0) is 41.5 Å². The van der Waals surface area contributed by atoms with E-state index in [-0.39, 0.29) is 0 Å². The highest BCUT2D eigenvalue weighted by molar-refractivity contribution is 5.96. The van der Waals surface area contributed by atoms with E-state index in [0.717, 1.165) is 0 Å². The van der Waals surface area contributed by atoms with Crippen LogP contribution in [0.4, 0.5) is 0 Å². The Morgan fingerprint density at radius 2 is 0.784 bits per heavy atom. The molecule has 16 nitrogen and oxygen atoms in total. The smallest absolute Gasteiger partial charge is 0.328 e. The summed E-state index contributed by atoms with van der Waals surface area (Å²) in [4.78, 5) is 83.7. The molecule has 6 amide bonds. The van der Waals surface area contributed by atoms with Crippen molar-refractivity contribution >= 4 is 41.4 Å². The van der Waals surface area contributed by atoms with Crippen LogP contribution in [-0.2, 0) is 33.6 Å². The zero-order valence-electron chi connectivity index (χ0n) is 21.6. The standard InChI is InChI=1S/C21H37N7O9/c1-8(22)15(30)23-9(2)16(31)24-10(3)17(32)25-11(4)18(33)26-12(5)19(34)27-13(6)20(35)28-14(7-29)21(36)37/h8-14,29H,7,22H2,1-6H3,(H,23,30)(H,24,31)(H,25,32)(H,26,33)(H,27,34)(H,28,35)(H,36,37). The Kier molecular flexibility index (Phi) is 13.8. The maximum Gasteiger partial charge on any atom is 0.328 e. The normalized spacial score (nSPS) is 16.3. The molecule has 0 aliphatic rings. The summed E-state index contributed by atoms with van der Waals surface area (Å²) in [5, 5.41) is 31.7. The van der Waals surface area contributed by atoms with Gasteiger partial charge >= 0.3 is 5.97 Å². The van der Waals surface area contributed by atoms with Crippen molar-refractivity contribution in [3.05, 3.63) is 0 Å². The van der Waals surface area contributed by atoms with Gasteiger partial charge < -0.3 is 47.8 Å². The number of aliphatic hydroxyl groups excluding tert-OH is 1. The van der Waals surface area contributed by atoms with Gasteiger partial charge in [0.25, 0.3) is 0 Å². The molecule has 0 rings (SSSR count). The summed E-state index contributed by atoms with van der Waals surface area (Å²) in [6.45, 7) is 7.31. The van der Waals surface area contributed by atoms with Crippen molar-refractivity contribution in [2.45, 2.75) is 83.8 Å². The fourth-order valence-electron chi connectivity index (χ4n) is 2.51. The Morgan fingerprint density at radius 3 is 1.00 bits per heavy atom. The maximum absolute atomic E-state index is 12.4. The number of aliphatic hydroxyl groups is 1. The quantitative estimate of drug-likeness (QED) is 0.104. The van der Waals surface area contributed by atoms with E-state index in [4.69, 9.17) is 15.9 Å². The van der Waals surface area contributed by atoms with Crippen molar-refractivity contribution in [2.24, 2.45) is 5.73 Å². The average Bonchev–Trinajstić information content (AvgIpc) is 2.81. The molecule has 7 unspecified atom stereocenters. The molecular formula is C21H37N7O9. The van der Waals surface area contributed by atoms with Gasteiger partial charge in [0.2, 0.25) is 35.4 Å². The van der Waals surface area contributed by atoms with E-state index in [1.165, 1.54) is 41.5 Å². The molecule has 0 saturated heterocycles. The van der Waals surface area contributed by atoms with Gasteiger partial charge in [-0.15, -0.1) is 0 Å². The number of amides is 6. The first-order valence-electron chi connectivity index (χ1n) is 11.4. The first-order chi connectivity index (χ1) is 17.0. The summed E-state index contributed by atoms with van der Waals surface area (Å²) in [5.74, 6) is -5.73. The zero-order chi connectivity index (χ0) is 29.0. The van der Waals surface area contributed by atoms with Gasteiger partial charge in [-0.1, -0.05) is 0 Å². The van der Waals surface area contributed by atoms with Gasteiger partial charge in [0, 0.05) is 0 Å². The van der Waals surface area contributed by atoms with Gasteiger partial charge in [-0.3, -0.25) is 28.8 Å². The first kappa shape index (κ1) is 33.2. The van der Waals surface area contributed by atoms with Gasteiger partial charge in [-0.25, -0.2) is 4.79 Å². The molecule has 0 radical (unpaired) electrons. The number of carbonyl (C=O) groups is 7. The second-order valence-corrected chi connectivity index (χ2v) is 8.52. The molecule has 0 aliphatic heterocycles. The Morgan fingerprint density at radius 1 is 0.541 bits per heavy atom. The predicted molar refractivity (Wildman–Crippen MR) is 128 cm³/mol. The molecule has 210 valence electrons. The highest BCUT2D eigenvalue weighted by Gasteiger charge is 2.27. The first-order valence-corrected chi connectivity index (χ1v) is 11.4. The summed E-state index contributed by atoms with van der Waals surface area (Å²) in [7, 11) is 0. The topological polar surface area (TPSA) is 258 Å². The largest absolute Gasteiger partial charge is 0.480 e. The molecule has 0 fully saturated rings. The lowest BCUT2D eigenvalue weighted by molar-refractivity contribution is -0.143. The van der Waals surface area contributed by atoms with Gasteiger partial charge in [-0.2, -0.15) is 0 Å². The van der Waals surface area contributed by atoms with Gasteiger partial charge in [0.1, 0.15) is 36.3 Å². The number of aliphatic carboxylic acids is 1. The zero-order valence-corrected chi connectivity index (χ0v) is 21.6. The third-order valence-corrected chi connectivity index (χ3v) is 4.97. The van der Waals surface area contributed by atoms with E-state index in [1.54, 1.807) is 0 Å². The van der Waals surface area contributed by atoms with Crippen LogP contribution in [0.1, 0.15) is 41.5 Å². The third kappa shape index (κ3) is 11.7. The van der Waals surface area contributed by atoms with Crippen LogP contribution < -0.4 is 37.6 Å². The molecule has 0 heterocycles. The second kappa shape index (κ2) is 15.4. The van der Waals surface area contributed by atoms with Crippen molar-refractivity contribution < 1.29 is 43.8 Å². The maximum atomic E-state index is 12.4. The van der Waals surface area contributed by atoms with E-state index >= 15 is 0 Å². The van der Waals surface area contributed by atoms with Crippen molar-refractivity contribution in [2.75, 3.05) is 6.61 Å². The molecule has 0 aromatic heterocycles. The lowest BCUT2D eigenvalue weighted by atomic mass is 10.2. The van der Waals surface area contributed by atoms with Crippen LogP contribution in [-0.4, -0.2) is 101 Å². The number of hydrogen-bond donors (Lipinski definition) is 9. The number of rotatable bonds is 14. The SMILES string of the molecule is CC(N)C(=O)NC(C)C(=O)NC(C)C(=O)NC(C)C(=O)NC(C)C(=O)NC(C)C(=O)NC(CO)C(=O)O. The lowest BCUT2D eigenvalue weighted by Crippen LogP contribution is -2.57. The highest BCUT2D eigenvalue weighted by Crippen LogP contribution is 1.94. The van der Waals surface area contributed by atoms with Crippen molar-refractivity contribution in [3.63, 3.8) is 0 Å². The van der Waals surface area contributed by atoms with Crippen molar-refractivity contribution in [1.82, 2.24) is 31.9 Å². The van der Waals surface area contributed by atoms with Gasteiger partial charge in [0.05, 0.1) is 12.6 Å². The van der Waals surface area contributed by atoms with Crippen LogP contribution in [0.2, 0.25) is 0 Å². The molecular weight excluding hydrogens is 494 g/mol. The summed E-state index contributed by atoms with van der Waals surface area (Å²) in [6.07, 6.45) is 0. The highest BCUT2D eigenvalue weighted by atomic mass is 16.4. The van der Waals surface area contributed by atoms with Gasteiger partial charge in [0.15, 0.2) is 0 Å². The number of carbonyl (C=O) groups excluding carboxylic acids is 6. The Hall–Kier alpha value is -3.79. The molecule has 0 aliphatic carbocycles. The summed E-state index contributed by atoms with van der Waals surface area (Å²) < 4.78 is 0. The van der Waals surface area contributed by atoms with Crippen LogP contribution in [0.5, 0.6) is 0 Å². The van der Waals surface area contributed by atoms with Crippen molar-refractivity contribution in [1.29, 1.82) is 0 Å². The Bertz CT molecular complexity index is 880. The van der Waals surface area contributed by atoms with E-state index in [9.17, 15) is 33.6 Å². The second-order valence-electron chi connectivity index (χ2n) is 8.52. The van der Waals surface area contributed by atoms with E-state index in [1.807, 2.05) is 5.32 Å². The predicted octanol–water partition coefficient (Wildman–Crippen LogP) is -4.58. The molecule has 0 saturated carbocycles. The monoisotopic (exact) mass is 531 g/mol. The Labute approximate surface area is 213 Å². The third-order valence-electron chi connectivity index (χ3n) is 4.97. The average molecular weight is 532 g/mol. The molecule has 0 bridgehead atoms. The van der Waals surface area contributed by atoms with E-state index < -0.39 is 90.3 Å². The molecule has 37 heavy (non-hydrogen) atoms. The Balaban J connectivity index is 4.74. The molecule has 16 heteroatoms. The minimum absolute atomic E-state index is 0.548. The lowest BCUT2D eigenvalue weighted by Gasteiger charge is -2.23. The number of nitrogens with two attached hydrogens (primary N) is 1. The van der Waals surface area contributed by atoms with E-state index in [0.29, 0.717) is 0 Å². The summed E-state index contributed by atoms with van der Waals surface area (Å²) >= 11 is 0. The molecule has 0 spiro atoms. The molecule has 10 N–H and O–H groups in total. The number of carboxylic acids is 1. The van der Waals surface area contributed by atoms with Crippen LogP contribution in [0.25, 0.3) is 0 Å². The van der Waals surface area contributed by atoms with Crippen LogP contribution >= 0.6 is 0 Å². The summed E-state index contributed by atoms with van der Waals surface area (Å²) in [5.41, 5.74) is 5.42. The fraction of sp³-hybridized carbons (Fsp3) is 0.667. The van der Waals surface area contributed by atoms with Crippen LogP contribution in [0.15, 0.2) is 0 Å². The molecule has 0 aromatic carbocycles. The fourth-order valence-corrected chi connectivity index (χ4v) is 2.51. The number of carboxylic acid groups (broad SMARTS) is 1. The number of nitrogens with one attached hydrogen (secondary N) is 6. The molecule has 0 aromatic rings. The number of hydrogen-bond acceptors (Lipinski definition) is 9. The van der Waals surface area contributed by atoms with Crippen molar-refractivity contribution in [3.8, 4) is 0 Å². The van der Waals surface area contributed by atoms with Crippen LogP contribution in [0.3, 0.4) is 0 Å². The summed E-state index contributed by atoms with van der Waals surface area (Å²) in [6, 6.07) is -7.82. The van der Waals surface area contributed by atoms with E-state index in [2.05, 4.69) is 26.6 Å². The minimum Gasteiger partial charge on any atom is -0.480 e.